The fourth-order valence-corrected chi connectivity index (χ4v) is 4.13. The Balaban J connectivity index is 2.16. The van der Waals surface area contributed by atoms with Crippen molar-refractivity contribution in [2.75, 3.05) is 0 Å². The molecule has 1 aromatic carbocycles. The lowest BCUT2D eigenvalue weighted by Crippen LogP contribution is -2.34. The predicted molar refractivity (Wildman–Crippen MR) is 81.1 cm³/mol. The Morgan fingerprint density at radius 1 is 1.45 bits per heavy atom. The highest BCUT2D eigenvalue weighted by Gasteiger charge is 2.28. The molecule has 0 heterocycles. The molecule has 0 spiro atoms. The molecule has 1 atom stereocenters. The maximum Gasteiger partial charge on any atom is 0.242 e. The van der Waals surface area contributed by atoms with E-state index >= 15 is 0 Å². The molecular formula is C14H21ClN2O2S. The molecule has 0 aromatic heterocycles. The Bertz CT molecular complexity index is 571. The van der Waals surface area contributed by atoms with Crippen LogP contribution in [0.5, 0.6) is 0 Å². The van der Waals surface area contributed by atoms with Crippen LogP contribution in [0.2, 0.25) is 5.02 Å². The van der Waals surface area contributed by atoms with E-state index in [2.05, 4.69) is 4.72 Å². The van der Waals surface area contributed by atoms with Crippen LogP contribution >= 0.6 is 11.6 Å². The summed E-state index contributed by atoms with van der Waals surface area (Å²) in [4.78, 5) is 0.130. The number of sulfonamides is 1. The summed E-state index contributed by atoms with van der Waals surface area (Å²) < 4.78 is 27.6. The van der Waals surface area contributed by atoms with Gasteiger partial charge < -0.3 is 5.73 Å². The van der Waals surface area contributed by atoms with E-state index in [4.69, 9.17) is 17.3 Å². The summed E-state index contributed by atoms with van der Waals surface area (Å²) in [6.07, 6.45) is 4.12. The minimum atomic E-state index is -3.57. The van der Waals surface area contributed by atoms with Gasteiger partial charge in [-0.05, 0) is 36.5 Å². The quantitative estimate of drug-likeness (QED) is 0.812. The van der Waals surface area contributed by atoms with Gasteiger partial charge in [-0.1, -0.05) is 37.4 Å². The number of benzene rings is 1. The van der Waals surface area contributed by atoms with E-state index in [0.29, 0.717) is 12.5 Å². The number of hydrogen-bond donors (Lipinski definition) is 2. The Kier molecular flexibility index (Phi) is 5.07. The molecule has 4 nitrogen and oxygen atoms in total. The highest BCUT2D eigenvalue weighted by Crippen LogP contribution is 2.34. The van der Waals surface area contributed by atoms with Gasteiger partial charge in [-0.2, -0.15) is 0 Å². The zero-order chi connectivity index (χ0) is 14.8. The van der Waals surface area contributed by atoms with E-state index in [-0.39, 0.29) is 16.0 Å². The van der Waals surface area contributed by atoms with Crippen LogP contribution in [0.4, 0.5) is 0 Å². The molecule has 1 aliphatic carbocycles. The van der Waals surface area contributed by atoms with Crippen LogP contribution in [0.3, 0.4) is 0 Å². The molecule has 0 saturated heterocycles. The molecule has 6 heteroatoms. The Labute approximate surface area is 125 Å². The summed E-state index contributed by atoms with van der Waals surface area (Å²) in [5.41, 5.74) is 6.34. The first kappa shape index (κ1) is 15.8. The average Bonchev–Trinajstić information content (AvgIpc) is 3.21. The van der Waals surface area contributed by atoms with Crippen molar-refractivity contribution in [1.82, 2.24) is 4.72 Å². The van der Waals surface area contributed by atoms with Gasteiger partial charge in [0.15, 0.2) is 0 Å². The molecule has 1 aromatic rings. The van der Waals surface area contributed by atoms with Crippen molar-refractivity contribution in [3.63, 3.8) is 0 Å². The second-order valence-electron chi connectivity index (χ2n) is 5.37. The number of hydrogen-bond acceptors (Lipinski definition) is 3. The van der Waals surface area contributed by atoms with Crippen LogP contribution in [0.25, 0.3) is 0 Å². The first-order chi connectivity index (χ1) is 9.46. The summed E-state index contributed by atoms with van der Waals surface area (Å²) in [5, 5.41) is 0.224. The lowest BCUT2D eigenvalue weighted by molar-refractivity contribution is 0.495. The standard InChI is InChI=1S/C14H21ClN2O2S/c1-2-12(7-10-3-4-10)17-20(18,19)14-6-5-11(9-16)8-13(14)15/h5-6,8,10,12,17H,2-4,7,9,16H2,1H3. The lowest BCUT2D eigenvalue weighted by atomic mass is 10.1. The monoisotopic (exact) mass is 316 g/mol. The van der Waals surface area contributed by atoms with E-state index in [9.17, 15) is 8.42 Å². The van der Waals surface area contributed by atoms with Crippen molar-refractivity contribution in [2.45, 2.75) is 50.1 Å². The number of nitrogens with one attached hydrogen (secondary N) is 1. The molecule has 1 aliphatic rings. The highest BCUT2D eigenvalue weighted by atomic mass is 35.5. The largest absolute Gasteiger partial charge is 0.326 e. The molecule has 1 saturated carbocycles. The molecule has 0 radical (unpaired) electrons. The zero-order valence-corrected chi connectivity index (χ0v) is 13.2. The van der Waals surface area contributed by atoms with Crippen molar-refractivity contribution in [2.24, 2.45) is 11.7 Å². The average molecular weight is 317 g/mol. The maximum absolute atomic E-state index is 12.4. The van der Waals surface area contributed by atoms with Crippen molar-refractivity contribution >= 4 is 21.6 Å². The van der Waals surface area contributed by atoms with Crippen LogP contribution in [0, 0.1) is 5.92 Å². The molecule has 0 amide bonds. The molecule has 1 fully saturated rings. The second kappa shape index (κ2) is 6.43. The van der Waals surface area contributed by atoms with E-state index < -0.39 is 10.0 Å². The maximum atomic E-state index is 12.4. The summed E-state index contributed by atoms with van der Waals surface area (Å²) in [5.74, 6) is 0.678. The van der Waals surface area contributed by atoms with Gasteiger partial charge in [0, 0.05) is 12.6 Å². The normalized spacial score (nSPS) is 17.1. The molecule has 3 N–H and O–H groups in total. The van der Waals surface area contributed by atoms with Gasteiger partial charge in [-0.3, -0.25) is 0 Å². The predicted octanol–water partition coefficient (Wildman–Crippen LogP) is 2.66. The van der Waals surface area contributed by atoms with Gasteiger partial charge in [0.05, 0.1) is 5.02 Å². The van der Waals surface area contributed by atoms with E-state index in [0.717, 1.165) is 18.4 Å². The fourth-order valence-electron chi connectivity index (χ4n) is 2.23. The summed E-state index contributed by atoms with van der Waals surface area (Å²) in [6.45, 7) is 2.33. The molecule has 1 unspecified atom stereocenters. The topological polar surface area (TPSA) is 72.2 Å². The molecule has 0 aliphatic heterocycles. The lowest BCUT2D eigenvalue weighted by Gasteiger charge is -2.17. The van der Waals surface area contributed by atoms with E-state index in [1.54, 1.807) is 12.1 Å². The first-order valence-electron chi connectivity index (χ1n) is 6.97. The molecule has 20 heavy (non-hydrogen) atoms. The third kappa shape index (κ3) is 3.95. The Hall–Kier alpha value is -0.620. The van der Waals surface area contributed by atoms with Crippen LogP contribution in [0.15, 0.2) is 23.1 Å². The molecular weight excluding hydrogens is 296 g/mol. The van der Waals surface area contributed by atoms with E-state index in [1.165, 1.54) is 18.9 Å². The van der Waals surface area contributed by atoms with Crippen LogP contribution in [-0.2, 0) is 16.6 Å². The number of halogens is 1. The van der Waals surface area contributed by atoms with Crippen LogP contribution in [-0.4, -0.2) is 14.5 Å². The number of rotatable bonds is 7. The summed E-state index contributed by atoms with van der Waals surface area (Å²) in [7, 11) is -3.57. The summed E-state index contributed by atoms with van der Waals surface area (Å²) in [6, 6.07) is 4.81. The van der Waals surface area contributed by atoms with Crippen molar-refractivity contribution in [1.29, 1.82) is 0 Å². The highest BCUT2D eigenvalue weighted by molar-refractivity contribution is 7.89. The third-order valence-corrected chi connectivity index (χ3v) is 5.65. The van der Waals surface area contributed by atoms with Gasteiger partial charge in [0.1, 0.15) is 4.90 Å². The Morgan fingerprint density at radius 3 is 2.65 bits per heavy atom. The second-order valence-corrected chi connectivity index (χ2v) is 7.46. The SMILES string of the molecule is CCC(CC1CC1)NS(=O)(=O)c1ccc(CN)cc1Cl. The van der Waals surface area contributed by atoms with Gasteiger partial charge in [0.25, 0.3) is 0 Å². The zero-order valence-electron chi connectivity index (χ0n) is 11.6. The molecule has 112 valence electrons. The number of nitrogens with two attached hydrogens (primary N) is 1. The Morgan fingerprint density at radius 2 is 2.15 bits per heavy atom. The van der Waals surface area contributed by atoms with Crippen molar-refractivity contribution in [3.05, 3.63) is 28.8 Å². The van der Waals surface area contributed by atoms with Crippen LogP contribution in [0.1, 0.15) is 38.2 Å². The summed E-state index contributed by atoms with van der Waals surface area (Å²) >= 11 is 6.06. The third-order valence-electron chi connectivity index (χ3n) is 3.65. The van der Waals surface area contributed by atoms with Gasteiger partial charge in [0.2, 0.25) is 10.0 Å². The van der Waals surface area contributed by atoms with Gasteiger partial charge in [-0.25, -0.2) is 13.1 Å². The van der Waals surface area contributed by atoms with E-state index in [1.807, 2.05) is 6.92 Å². The van der Waals surface area contributed by atoms with Gasteiger partial charge in [-0.15, -0.1) is 0 Å². The van der Waals surface area contributed by atoms with Gasteiger partial charge >= 0.3 is 0 Å². The first-order valence-corrected chi connectivity index (χ1v) is 8.83. The minimum absolute atomic E-state index is 0.0160. The fraction of sp³-hybridized carbons (Fsp3) is 0.571. The minimum Gasteiger partial charge on any atom is -0.326 e. The van der Waals surface area contributed by atoms with Crippen molar-refractivity contribution < 1.29 is 8.42 Å². The van der Waals surface area contributed by atoms with Crippen molar-refractivity contribution in [3.8, 4) is 0 Å². The smallest absolute Gasteiger partial charge is 0.242 e. The molecule has 2 rings (SSSR count). The van der Waals surface area contributed by atoms with Crippen LogP contribution < -0.4 is 10.5 Å². The molecule has 0 bridgehead atoms.